The van der Waals surface area contributed by atoms with Crippen molar-refractivity contribution in [2.45, 2.75) is 6.92 Å². The fourth-order valence-corrected chi connectivity index (χ4v) is 2.83. The van der Waals surface area contributed by atoms with Gasteiger partial charge in [0.15, 0.2) is 6.29 Å². The number of aldehydes is 1. The number of ether oxygens (including phenoxy) is 1. The Hall–Kier alpha value is -3.91. The van der Waals surface area contributed by atoms with Crippen molar-refractivity contribution < 1.29 is 14.5 Å². The predicted octanol–water partition coefficient (Wildman–Crippen LogP) is 4.46. The van der Waals surface area contributed by atoms with Crippen LogP contribution in [-0.2, 0) is 4.74 Å². The highest BCUT2D eigenvalue weighted by Gasteiger charge is 2.20. The summed E-state index contributed by atoms with van der Waals surface area (Å²) in [5.74, 6) is 0.00615. The number of nitrogens with zero attached hydrogens (tertiary/aromatic N) is 4. The summed E-state index contributed by atoms with van der Waals surface area (Å²) in [6.45, 7) is 2.78. The van der Waals surface area contributed by atoms with Gasteiger partial charge in [0, 0.05) is 31.5 Å². The number of aromatic nitrogens is 3. The second-order valence-corrected chi connectivity index (χ2v) is 6.23. The Balaban J connectivity index is 0.000000589. The van der Waals surface area contributed by atoms with Crippen molar-refractivity contribution in [2.24, 2.45) is 0 Å². The van der Waals surface area contributed by atoms with Crippen LogP contribution in [-0.4, -0.2) is 39.7 Å². The minimum atomic E-state index is -0.547. The zero-order chi connectivity index (χ0) is 21.5. The van der Waals surface area contributed by atoms with Crippen LogP contribution in [0.1, 0.15) is 17.4 Å². The molecule has 0 amide bonds. The average Bonchev–Trinajstić information content (AvgIpc) is 3.23. The fraction of sp³-hybridized carbons (Fsp3) is 0.136. The summed E-state index contributed by atoms with van der Waals surface area (Å²) in [6.07, 6.45) is 2.03. The Morgan fingerprint density at radius 2 is 1.83 bits per heavy atom. The molecule has 0 saturated carbocycles. The van der Waals surface area contributed by atoms with Crippen molar-refractivity contribution in [3.8, 4) is 17.1 Å². The normalized spacial score (nSPS) is 10.3. The van der Waals surface area contributed by atoms with Crippen LogP contribution in [0.15, 0.2) is 66.9 Å². The lowest BCUT2D eigenvalue weighted by atomic mass is 10.1. The highest BCUT2D eigenvalue weighted by Crippen LogP contribution is 2.27. The lowest BCUT2D eigenvalue weighted by Gasteiger charge is -2.03. The Labute approximate surface area is 172 Å². The number of nitro groups is 1. The first kappa shape index (κ1) is 20.8. The molecule has 0 aliphatic rings. The van der Waals surface area contributed by atoms with E-state index in [2.05, 4.69) is 14.8 Å². The molecule has 0 aliphatic heterocycles. The third-order valence-corrected chi connectivity index (χ3v) is 4.35. The van der Waals surface area contributed by atoms with Gasteiger partial charge >= 0.3 is 5.69 Å². The molecule has 0 spiro atoms. The van der Waals surface area contributed by atoms with Gasteiger partial charge in [-0.15, -0.1) is 0 Å². The van der Waals surface area contributed by atoms with Gasteiger partial charge in [0.25, 0.3) is 0 Å². The smallest absolute Gasteiger partial charge is 0.313 e. The van der Waals surface area contributed by atoms with Crippen molar-refractivity contribution in [1.82, 2.24) is 14.8 Å². The molecule has 2 heterocycles. The van der Waals surface area contributed by atoms with Crippen LogP contribution in [0.5, 0.6) is 0 Å². The van der Waals surface area contributed by atoms with Gasteiger partial charge in [-0.2, -0.15) is 5.10 Å². The lowest BCUT2D eigenvalue weighted by Crippen LogP contribution is -2.07. The van der Waals surface area contributed by atoms with E-state index in [0.717, 1.165) is 22.9 Å². The molecule has 4 aromatic rings. The quantitative estimate of drug-likeness (QED) is 0.277. The molecule has 0 radical (unpaired) electrons. The Morgan fingerprint density at radius 1 is 1.10 bits per heavy atom. The summed E-state index contributed by atoms with van der Waals surface area (Å²) in [4.78, 5) is 26.2. The maximum absolute atomic E-state index is 11.5. The van der Waals surface area contributed by atoms with Crippen molar-refractivity contribution in [3.63, 3.8) is 0 Å². The van der Waals surface area contributed by atoms with Crippen LogP contribution in [0.2, 0.25) is 0 Å². The van der Waals surface area contributed by atoms with E-state index in [1.807, 2.05) is 49.4 Å². The van der Waals surface area contributed by atoms with E-state index >= 15 is 0 Å². The van der Waals surface area contributed by atoms with E-state index in [1.165, 1.54) is 23.0 Å². The Bertz CT molecular complexity index is 1180. The molecule has 152 valence electrons. The van der Waals surface area contributed by atoms with Crippen molar-refractivity contribution in [1.29, 1.82) is 0 Å². The second-order valence-electron chi connectivity index (χ2n) is 6.23. The highest BCUT2D eigenvalue weighted by molar-refractivity contribution is 5.87. The van der Waals surface area contributed by atoms with E-state index in [-0.39, 0.29) is 17.2 Å². The summed E-state index contributed by atoms with van der Waals surface area (Å²) in [6, 6.07) is 18.1. The van der Waals surface area contributed by atoms with Gasteiger partial charge in [0.2, 0.25) is 5.82 Å². The van der Waals surface area contributed by atoms with Gasteiger partial charge in [-0.25, -0.2) is 9.67 Å². The number of fused-ring (bicyclic) bond motifs is 1. The first-order valence-electron chi connectivity index (χ1n) is 9.22. The molecule has 2 aromatic heterocycles. The van der Waals surface area contributed by atoms with Crippen LogP contribution in [0.25, 0.3) is 27.8 Å². The molecule has 4 rings (SSSR count). The topological polar surface area (TPSA) is 100 Å². The van der Waals surface area contributed by atoms with Gasteiger partial charge in [0.1, 0.15) is 5.69 Å². The molecule has 0 unspecified atom stereocenters. The number of rotatable bonds is 5. The van der Waals surface area contributed by atoms with Gasteiger partial charge in [-0.05, 0) is 35.9 Å². The number of hydrogen-bond donors (Lipinski definition) is 0. The number of carbonyl (C=O) groups excluding carboxylic acids is 1. The molecule has 0 saturated heterocycles. The molecule has 0 atom stereocenters. The van der Waals surface area contributed by atoms with Crippen molar-refractivity contribution >= 4 is 22.7 Å². The summed E-state index contributed by atoms with van der Waals surface area (Å²) < 4.78 is 5.75. The monoisotopic (exact) mass is 404 g/mol. The molecule has 0 fully saturated rings. The first-order valence-corrected chi connectivity index (χ1v) is 9.22. The van der Waals surface area contributed by atoms with Crippen molar-refractivity contribution in [2.75, 3.05) is 13.7 Å². The maximum atomic E-state index is 11.5. The second kappa shape index (κ2) is 9.53. The maximum Gasteiger partial charge on any atom is 0.313 e. The summed E-state index contributed by atoms with van der Waals surface area (Å²) >= 11 is 0. The van der Waals surface area contributed by atoms with Crippen molar-refractivity contribution in [3.05, 3.63) is 82.7 Å². The first-order chi connectivity index (χ1) is 14.6. The largest absolute Gasteiger partial charge is 0.385 e. The van der Waals surface area contributed by atoms with E-state index in [9.17, 15) is 14.9 Å². The van der Waals surface area contributed by atoms with Crippen LogP contribution < -0.4 is 0 Å². The molecule has 8 heteroatoms. The molecule has 0 N–H and O–H groups in total. The van der Waals surface area contributed by atoms with Gasteiger partial charge in [-0.3, -0.25) is 14.9 Å². The molecule has 0 bridgehead atoms. The molecular weight excluding hydrogens is 384 g/mol. The average molecular weight is 404 g/mol. The molecule has 0 aliphatic carbocycles. The summed E-state index contributed by atoms with van der Waals surface area (Å²) in [5.41, 5.74) is 1.32. The Morgan fingerprint density at radius 3 is 2.50 bits per heavy atom. The van der Waals surface area contributed by atoms with Gasteiger partial charge in [0.05, 0.1) is 10.6 Å². The Kier molecular flexibility index (Phi) is 6.61. The lowest BCUT2D eigenvalue weighted by molar-refractivity contribution is -0.384. The standard InChI is InChI=1S/C19H12N4O3.C3H8O/c24-12-16-11-17(15-8-7-13-4-1-2-5-14(13)10-15)21-22(16)19-18(23(25)26)6-3-9-20-19;1-3-4-2/h1-12H;3H2,1-2H3. The predicted molar refractivity (Wildman–Crippen MR) is 114 cm³/mol. The van der Waals surface area contributed by atoms with E-state index < -0.39 is 4.92 Å². The third kappa shape index (κ3) is 4.39. The zero-order valence-electron chi connectivity index (χ0n) is 16.6. The minimum absolute atomic E-state index is 0.00615. The van der Waals surface area contributed by atoms with Crippen LogP contribution >= 0.6 is 0 Å². The number of carbonyl (C=O) groups is 1. The van der Waals surface area contributed by atoms with E-state index in [0.29, 0.717) is 12.0 Å². The van der Waals surface area contributed by atoms with E-state index in [4.69, 9.17) is 0 Å². The van der Waals surface area contributed by atoms with E-state index in [1.54, 1.807) is 13.2 Å². The minimum Gasteiger partial charge on any atom is -0.385 e. The number of methoxy groups -OCH3 is 1. The summed E-state index contributed by atoms with van der Waals surface area (Å²) in [5, 5.41) is 17.8. The third-order valence-electron chi connectivity index (χ3n) is 4.35. The van der Waals surface area contributed by atoms with Gasteiger partial charge in [-0.1, -0.05) is 36.4 Å². The number of hydrogen-bond acceptors (Lipinski definition) is 6. The van der Waals surface area contributed by atoms with Crippen LogP contribution in [0.4, 0.5) is 5.69 Å². The van der Waals surface area contributed by atoms with Crippen LogP contribution in [0.3, 0.4) is 0 Å². The molecule has 2 aromatic carbocycles. The highest BCUT2D eigenvalue weighted by atomic mass is 16.6. The molecular formula is C22H20N4O4. The fourth-order valence-electron chi connectivity index (χ4n) is 2.83. The zero-order valence-corrected chi connectivity index (χ0v) is 16.6. The number of pyridine rings is 1. The van der Waals surface area contributed by atoms with Gasteiger partial charge < -0.3 is 4.74 Å². The molecule has 8 nitrogen and oxygen atoms in total. The molecule has 30 heavy (non-hydrogen) atoms. The van der Waals surface area contributed by atoms with Crippen LogP contribution in [0, 0.1) is 10.1 Å². The SMILES string of the molecule is CCOC.O=Cc1cc(-c2ccc3ccccc3c2)nn1-c1ncccc1[N+](=O)[O-]. The number of benzene rings is 2. The summed E-state index contributed by atoms with van der Waals surface area (Å²) in [7, 11) is 1.68.